The number of carbonyl (C=O) groups is 1. The summed E-state index contributed by atoms with van der Waals surface area (Å²) in [5, 5.41) is 12.4. The third-order valence-electron chi connectivity index (χ3n) is 5.80. The number of anilines is 2. The number of hydrogen-bond acceptors (Lipinski definition) is 8. The summed E-state index contributed by atoms with van der Waals surface area (Å²) < 4.78 is 83.1. The van der Waals surface area contributed by atoms with Crippen molar-refractivity contribution in [2.24, 2.45) is 0 Å². The van der Waals surface area contributed by atoms with Gasteiger partial charge in [0.1, 0.15) is 5.75 Å². The van der Waals surface area contributed by atoms with Gasteiger partial charge >= 0.3 is 12.3 Å². The number of amides is 1. The number of nitrogens with one attached hydrogen (secondary N) is 2. The topological polar surface area (TPSA) is 147 Å². The molecule has 0 aliphatic carbocycles. The highest BCUT2D eigenvalue weighted by Crippen LogP contribution is 2.32. The Bertz CT molecular complexity index is 1470. The van der Waals surface area contributed by atoms with E-state index in [0.29, 0.717) is 24.2 Å². The Morgan fingerprint density at radius 3 is 2.70 bits per heavy atom. The van der Waals surface area contributed by atoms with E-state index in [1.807, 2.05) is 0 Å². The predicted octanol–water partition coefficient (Wildman–Crippen LogP) is 4.72. The summed E-state index contributed by atoms with van der Waals surface area (Å²) in [6, 6.07) is 7.81. The second-order valence-corrected chi connectivity index (χ2v) is 10.7. The van der Waals surface area contributed by atoms with E-state index in [2.05, 4.69) is 20.3 Å². The van der Waals surface area contributed by atoms with Gasteiger partial charge < -0.3 is 20.1 Å². The highest BCUT2D eigenvalue weighted by atomic mass is 32.2. The van der Waals surface area contributed by atoms with Crippen LogP contribution in [-0.2, 0) is 10.0 Å². The van der Waals surface area contributed by atoms with Crippen LogP contribution in [0.3, 0.4) is 0 Å². The lowest BCUT2D eigenvalue weighted by Gasteiger charge is -2.31. The van der Waals surface area contributed by atoms with E-state index in [0.717, 1.165) is 18.6 Å². The molecule has 1 atom stereocenters. The summed E-state index contributed by atoms with van der Waals surface area (Å²) in [5.74, 6) is -2.07. The number of likely N-dealkylation sites (tertiary alicyclic amines) is 1. The van der Waals surface area contributed by atoms with E-state index < -0.39 is 46.0 Å². The molecule has 40 heavy (non-hydrogen) atoms. The van der Waals surface area contributed by atoms with Crippen LogP contribution >= 0.6 is 0 Å². The third-order valence-corrected chi connectivity index (χ3v) is 7.08. The van der Waals surface area contributed by atoms with Crippen LogP contribution in [-0.4, -0.2) is 70.5 Å². The average Bonchev–Trinajstić information content (AvgIpc) is 2.89. The molecule has 11 nitrogen and oxygen atoms in total. The molecule has 0 spiro atoms. The molecule has 0 bridgehead atoms. The van der Waals surface area contributed by atoms with Crippen LogP contribution in [0, 0.1) is 5.82 Å². The Hall–Kier alpha value is -4.21. The van der Waals surface area contributed by atoms with E-state index in [-0.39, 0.29) is 30.2 Å². The SMILES string of the molecule is O=C(O)N1CCC[C@H](Nc2nccc(-c3cccnc3Oc3ccc(NS(=O)(=O)CCC(F)(F)F)c(F)c3)n2)C1. The van der Waals surface area contributed by atoms with Gasteiger partial charge in [-0.05, 0) is 43.2 Å². The van der Waals surface area contributed by atoms with Crippen molar-refractivity contribution in [1.82, 2.24) is 19.9 Å². The first-order valence-electron chi connectivity index (χ1n) is 12.0. The monoisotopic (exact) mass is 584 g/mol. The molecule has 1 aromatic carbocycles. The van der Waals surface area contributed by atoms with Gasteiger partial charge in [-0.2, -0.15) is 13.2 Å². The van der Waals surface area contributed by atoms with Crippen molar-refractivity contribution in [2.45, 2.75) is 31.5 Å². The second-order valence-electron chi connectivity index (χ2n) is 8.86. The number of pyridine rings is 1. The van der Waals surface area contributed by atoms with Crippen molar-refractivity contribution in [3.05, 3.63) is 54.6 Å². The molecule has 3 aromatic rings. The number of carboxylic acid groups (broad SMARTS) is 1. The Balaban J connectivity index is 1.48. The minimum Gasteiger partial charge on any atom is -0.465 e. The number of benzene rings is 1. The van der Waals surface area contributed by atoms with Crippen LogP contribution in [0.25, 0.3) is 11.3 Å². The maximum Gasteiger partial charge on any atom is 0.407 e. The first kappa shape index (κ1) is 28.8. The number of halogens is 4. The zero-order chi connectivity index (χ0) is 28.9. The van der Waals surface area contributed by atoms with Crippen molar-refractivity contribution >= 4 is 27.8 Å². The lowest BCUT2D eigenvalue weighted by Crippen LogP contribution is -2.44. The van der Waals surface area contributed by atoms with Crippen molar-refractivity contribution < 1.29 is 40.6 Å². The van der Waals surface area contributed by atoms with E-state index in [1.54, 1.807) is 22.9 Å². The standard InChI is InChI=1S/C24H24F4N6O5S/c25-18-13-16(5-6-20(18)33-40(37,38)12-8-24(26,27)28)39-21-17(4-1-9-29-21)19-7-10-30-22(32-19)31-15-3-2-11-34(14-15)23(35)36/h1,4-7,9-10,13,15,33H,2-3,8,11-12,14H2,(H,35,36)(H,30,31,32)/t15-/m0/s1. The Morgan fingerprint density at radius 2 is 1.98 bits per heavy atom. The molecule has 0 saturated carbocycles. The van der Waals surface area contributed by atoms with Gasteiger partial charge in [0.2, 0.25) is 21.9 Å². The van der Waals surface area contributed by atoms with Crippen LogP contribution < -0.4 is 14.8 Å². The van der Waals surface area contributed by atoms with Crippen molar-refractivity contribution in [2.75, 3.05) is 28.9 Å². The van der Waals surface area contributed by atoms with Gasteiger partial charge in [-0.25, -0.2) is 32.6 Å². The van der Waals surface area contributed by atoms with Crippen molar-refractivity contribution in [3.63, 3.8) is 0 Å². The average molecular weight is 585 g/mol. The largest absolute Gasteiger partial charge is 0.465 e. The quantitative estimate of drug-likeness (QED) is 0.304. The van der Waals surface area contributed by atoms with E-state index in [4.69, 9.17) is 4.74 Å². The van der Waals surface area contributed by atoms with E-state index >= 15 is 0 Å². The Labute approximate surface area is 226 Å². The lowest BCUT2D eigenvalue weighted by atomic mass is 10.1. The molecule has 16 heteroatoms. The smallest absolute Gasteiger partial charge is 0.407 e. The number of rotatable bonds is 9. The number of hydrogen-bond donors (Lipinski definition) is 3. The first-order chi connectivity index (χ1) is 18.9. The van der Waals surface area contributed by atoms with Crippen molar-refractivity contribution in [3.8, 4) is 22.9 Å². The number of sulfonamides is 1. The number of alkyl halides is 3. The van der Waals surface area contributed by atoms with Gasteiger partial charge in [-0.3, -0.25) is 4.72 Å². The summed E-state index contributed by atoms with van der Waals surface area (Å²) in [7, 11) is -4.44. The zero-order valence-corrected chi connectivity index (χ0v) is 21.5. The molecular formula is C24H24F4N6O5S. The van der Waals surface area contributed by atoms with Crippen LogP contribution in [0.1, 0.15) is 19.3 Å². The van der Waals surface area contributed by atoms with Crippen LogP contribution in [0.4, 0.5) is 34.0 Å². The van der Waals surface area contributed by atoms with Gasteiger partial charge in [0.25, 0.3) is 0 Å². The molecule has 3 N–H and O–H groups in total. The predicted molar refractivity (Wildman–Crippen MR) is 136 cm³/mol. The number of piperidine rings is 1. The normalized spacial score (nSPS) is 15.9. The summed E-state index contributed by atoms with van der Waals surface area (Å²) in [5.41, 5.74) is 0.286. The molecule has 1 amide bonds. The molecular weight excluding hydrogens is 560 g/mol. The number of aromatic nitrogens is 3. The summed E-state index contributed by atoms with van der Waals surface area (Å²) in [6.45, 7) is 0.737. The summed E-state index contributed by atoms with van der Waals surface area (Å²) in [4.78, 5) is 25.5. The Kier molecular flexibility index (Phi) is 8.56. The molecule has 1 aliphatic rings. The fraction of sp³-hybridized carbons (Fsp3) is 0.333. The zero-order valence-electron chi connectivity index (χ0n) is 20.7. The van der Waals surface area contributed by atoms with Gasteiger partial charge in [-0.1, -0.05) is 0 Å². The fourth-order valence-corrected chi connectivity index (χ4v) is 5.02. The molecule has 4 rings (SSSR count). The van der Waals surface area contributed by atoms with Crippen LogP contribution in [0.2, 0.25) is 0 Å². The molecule has 1 fully saturated rings. The second kappa shape index (κ2) is 11.9. The highest BCUT2D eigenvalue weighted by Gasteiger charge is 2.30. The van der Waals surface area contributed by atoms with Crippen molar-refractivity contribution in [1.29, 1.82) is 0 Å². The molecule has 0 radical (unpaired) electrons. The fourth-order valence-electron chi connectivity index (χ4n) is 3.92. The molecule has 1 aliphatic heterocycles. The van der Waals surface area contributed by atoms with Crippen LogP contribution in [0.15, 0.2) is 48.8 Å². The molecule has 3 heterocycles. The first-order valence-corrected chi connectivity index (χ1v) is 13.6. The lowest BCUT2D eigenvalue weighted by molar-refractivity contribution is -0.129. The number of ether oxygens (including phenoxy) is 1. The Morgan fingerprint density at radius 1 is 1.18 bits per heavy atom. The van der Waals surface area contributed by atoms with Gasteiger partial charge in [-0.15, -0.1) is 0 Å². The molecule has 2 aromatic heterocycles. The minimum absolute atomic E-state index is 0.0415. The van der Waals surface area contributed by atoms with Gasteiger partial charge in [0.15, 0.2) is 5.82 Å². The van der Waals surface area contributed by atoms with E-state index in [9.17, 15) is 35.9 Å². The molecule has 214 valence electrons. The van der Waals surface area contributed by atoms with Crippen LogP contribution in [0.5, 0.6) is 11.6 Å². The highest BCUT2D eigenvalue weighted by molar-refractivity contribution is 7.92. The molecule has 1 saturated heterocycles. The van der Waals surface area contributed by atoms with Gasteiger partial charge in [0, 0.05) is 37.6 Å². The summed E-state index contributed by atoms with van der Waals surface area (Å²) in [6.07, 6.45) is -2.90. The maximum absolute atomic E-state index is 14.6. The van der Waals surface area contributed by atoms with Gasteiger partial charge in [0.05, 0.1) is 29.1 Å². The third kappa shape index (κ3) is 7.91. The van der Waals surface area contributed by atoms with E-state index in [1.165, 1.54) is 23.4 Å². The molecule has 0 unspecified atom stereocenters. The summed E-state index contributed by atoms with van der Waals surface area (Å²) >= 11 is 0. The minimum atomic E-state index is -4.68. The number of nitrogens with zero attached hydrogens (tertiary/aromatic N) is 4. The maximum atomic E-state index is 14.6.